The Bertz CT molecular complexity index is 403. The molecule has 1 aliphatic rings. The van der Waals surface area contributed by atoms with E-state index >= 15 is 0 Å². The van der Waals surface area contributed by atoms with E-state index in [9.17, 15) is 26.4 Å². The fourth-order valence-electron chi connectivity index (χ4n) is 2.00. The van der Waals surface area contributed by atoms with Crippen LogP contribution in [0.3, 0.4) is 0 Å². The maximum Gasteiger partial charge on any atom is 0.522 e. The predicted octanol–water partition coefficient (Wildman–Crippen LogP) is 1.05. The number of hydrogen-bond donors (Lipinski definition) is 1. The van der Waals surface area contributed by atoms with Gasteiger partial charge in [0.1, 0.15) is 0 Å². The van der Waals surface area contributed by atoms with E-state index in [2.05, 4.69) is 4.74 Å². The molecule has 1 fully saturated rings. The third-order valence-corrected chi connectivity index (χ3v) is 4.64. The fourth-order valence-corrected chi connectivity index (χ4v) is 3.88. The second-order valence-corrected chi connectivity index (χ2v) is 6.42. The Hall–Kier alpha value is -0.830. The number of ether oxygens (including phenoxy) is 1. The zero-order chi connectivity index (χ0) is 14.0. The van der Waals surface area contributed by atoms with E-state index in [0.717, 1.165) is 0 Å². The van der Waals surface area contributed by atoms with Gasteiger partial charge in [0.2, 0.25) is 0 Å². The molecule has 2 unspecified atom stereocenters. The van der Waals surface area contributed by atoms with Crippen LogP contribution in [-0.4, -0.2) is 44.0 Å². The Morgan fingerprint density at radius 3 is 2.44 bits per heavy atom. The highest BCUT2D eigenvalue weighted by molar-refractivity contribution is 7.91. The van der Waals surface area contributed by atoms with E-state index in [-0.39, 0.29) is 24.3 Å². The summed E-state index contributed by atoms with van der Waals surface area (Å²) in [5.41, 5.74) is 0. The van der Waals surface area contributed by atoms with E-state index in [4.69, 9.17) is 5.11 Å². The number of alkyl halides is 3. The van der Waals surface area contributed by atoms with Gasteiger partial charge in [0, 0.05) is 0 Å². The van der Waals surface area contributed by atoms with Gasteiger partial charge >= 0.3 is 12.3 Å². The number of halogens is 3. The fraction of sp³-hybridized carbons (Fsp3) is 0.889. The van der Waals surface area contributed by atoms with Gasteiger partial charge in [-0.2, -0.15) is 0 Å². The quantitative estimate of drug-likeness (QED) is 0.818. The van der Waals surface area contributed by atoms with Crippen LogP contribution in [-0.2, 0) is 19.4 Å². The monoisotopic (exact) mass is 290 g/mol. The minimum Gasteiger partial charge on any atom is -0.481 e. The van der Waals surface area contributed by atoms with Crippen molar-refractivity contribution in [3.63, 3.8) is 0 Å². The molecule has 106 valence electrons. The molecule has 2 atom stereocenters. The highest BCUT2D eigenvalue weighted by atomic mass is 32.2. The van der Waals surface area contributed by atoms with Crippen LogP contribution in [0.5, 0.6) is 0 Å². The molecule has 1 rings (SSSR count). The Morgan fingerprint density at radius 1 is 1.44 bits per heavy atom. The molecule has 0 bridgehead atoms. The van der Waals surface area contributed by atoms with Crippen molar-refractivity contribution in [2.45, 2.75) is 19.2 Å². The molecule has 0 aromatic rings. The molecule has 0 aromatic heterocycles. The largest absolute Gasteiger partial charge is 0.522 e. The third kappa shape index (κ3) is 4.81. The van der Waals surface area contributed by atoms with Crippen LogP contribution < -0.4 is 0 Å². The molecule has 18 heavy (non-hydrogen) atoms. The summed E-state index contributed by atoms with van der Waals surface area (Å²) in [5, 5.41) is 8.90. The molecule has 5 nitrogen and oxygen atoms in total. The van der Waals surface area contributed by atoms with Crippen LogP contribution in [0.4, 0.5) is 13.2 Å². The van der Waals surface area contributed by atoms with Gasteiger partial charge in [0.05, 0.1) is 24.0 Å². The molecule has 0 spiro atoms. The molecule has 1 saturated heterocycles. The molecule has 9 heteroatoms. The molecular weight excluding hydrogens is 277 g/mol. The first kappa shape index (κ1) is 15.2. The first-order valence-corrected chi connectivity index (χ1v) is 7.07. The Morgan fingerprint density at radius 2 is 2.06 bits per heavy atom. The van der Waals surface area contributed by atoms with Crippen LogP contribution >= 0.6 is 0 Å². The minimum atomic E-state index is -4.80. The number of carbonyl (C=O) groups is 1. The van der Waals surface area contributed by atoms with Gasteiger partial charge in [-0.25, -0.2) is 8.42 Å². The van der Waals surface area contributed by atoms with Gasteiger partial charge in [0.25, 0.3) is 0 Å². The predicted molar refractivity (Wildman–Crippen MR) is 54.5 cm³/mol. The first-order valence-electron chi connectivity index (χ1n) is 5.24. The van der Waals surface area contributed by atoms with Gasteiger partial charge in [0.15, 0.2) is 9.84 Å². The lowest BCUT2D eigenvalue weighted by Gasteiger charge is -2.18. The minimum absolute atomic E-state index is 0.110. The molecular formula is C9H13F3O5S. The van der Waals surface area contributed by atoms with Crippen LogP contribution in [0.2, 0.25) is 0 Å². The van der Waals surface area contributed by atoms with Crippen molar-refractivity contribution in [3.8, 4) is 0 Å². The lowest BCUT2D eigenvalue weighted by molar-refractivity contribution is -0.325. The van der Waals surface area contributed by atoms with Crippen molar-refractivity contribution in [1.29, 1.82) is 0 Å². The van der Waals surface area contributed by atoms with Crippen LogP contribution in [0.25, 0.3) is 0 Å². The maximum absolute atomic E-state index is 11.7. The smallest absolute Gasteiger partial charge is 0.481 e. The van der Waals surface area contributed by atoms with Gasteiger partial charge in [-0.05, 0) is 18.8 Å². The highest BCUT2D eigenvalue weighted by Gasteiger charge is 2.38. The molecule has 0 amide bonds. The summed E-state index contributed by atoms with van der Waals surface area (Å²) in [5.74, 6) is -3.44. The first-order chi connectivity index (χ1) is 8.11. The summed E-state index contributed by atoms with van der Waals surface area (Å²) in [6.07, 6.45) is -4.98. The highest BCUT2D eigenvalue weighted by Crippen LogP contribution is 2.29. The average Bonchev–Trinajstić information content (AvgIpc) is 2.51. The third-order valence-electron chi connectivity index (χ3n) is 2.85. The van der Waals surface area contributed by atoms with E-state index in [1.54, 1.807) is 0 Å². The van der Waals surface area contributed by atoms with Crippen molar-refractivity contribution in [2.75, 3.05) is 18.1 Å². The van der Waals surface area contributed by atoms with Crippen molar-refractivity contribution in [3.05, 3.63) is 0 Å². The van der Waals surface area contributed by atoms with E-state index in [1.807, 2.05) is 0 Å². The summed E-state index contributed by atoms with van der Waals surface area (Å²) in [6.45, 7) is -0.781. The average molecular weight is 290 g/mol. The Labute approximate surface area is 102 Å². The van der Waals surface area contributed by atoms with Crippen molar-refractivity contribution in [2.24, 2.45) is 11.8 Å². The standard InChI is InChI=1S/C9H13F3O5S/c10-9(11,12)17-3-1-7(8(13)14)6-2-4-18(15,16)5-6/h6-7H,1-5H2,(H,13,14). The molecule has 0 aromatic carbocycles. The number of carboxylic acids is 1. The topological polar surface area (TPSA) is 80.7 Å². The van der Waals surface area contributed by atoms with Gasteiger partial charge < -0.3 is 5.11 Å². The zero-order valence-electron chi connectivity index (χ0n) is 9.31. The van der Waals surface area contributed by atoms with Gasteiger partial charge in [-0.3, -0.25) is 9.53 Å². The van der Waals surface area contributed by atoms with Crippen molar-refractivity contribution in [1.82, 2.24) is 0 Å². The number of carboxylic acid groups (broad SMARTS) is 1. The summed E-state index contributed by atoms with van der Waals surface area (Å²) >= 11 is 0. The van der Waals surface area contributed by atoms with E-state index in [1.165, 1.54) is 0 Å². The molecule has 1 N–H and O–H groups in total. The summed E-state index contributed by atoms with van der Waals surface area (Å²) in [7, 11) is -3.25. The second kappa shape index (κ2) is 5.43. The molecule has 0 aliphatic carbocycles. The van der Waals surface area contributed by atoms with Crippen LogP contribution in [0.1, 0.15) is 12.8 Å². The maximum atomic E-state index is 11.7. The van der Waals surface area contributed by atoms with Crippen molar-refractivity contribution >= 4 is 15.8 Å². The Kier molecular flexibility index (Phi) is 4.60. The molecule has 1 heterocycles. The summed E-state index contributed by atoms with van der Waals surface area (Å²) in [4.78, 5) is 10.9. The molecule has 0 radical (unpaired) electrons. The normalized spacial score (nSPS) is 24.9. The lowest BCUT2D eigenvalue weighted by atomic mass is 9.89. The number of hydrogen-bond acceptors (Lipinski definition) is 4. The molecule has 1 aliphatic heterocycles. The zero-order valence-corrected chi connectivity index (χ0v) is 10.1. The van der Waals surface area contributed by atoms with Crippen LogP contribution in [0, 0.1) is 11.8 Å². The van der Waals surface area contributed by atoms with Crippen molar-refractivity contribution < 1.29 is 36.2 Å². The van der Waals surface area contributed by atoms with Gasteiger partial charge in [-0.1, -0.05) is 0 Å². The number of sulfone groups is 1. The van der Waals surface area contributed by atoms with Gasteiger partial charge in [-0.15, -0.1) is 13.2 Å². The number of rotatable bonds is 5. The molecule has 0 saturated carbocycles. The van der Waals surface area contributed by atoms with E-state index < -0.39 is 40.6 Å². The Balaban J connectivity index is 2.54. The number of aliphatic carboxylic acids is 1. The van der Waals surface area contributed by atoms with Crippen LogP contribution in [0.15, 0.2) is 0 Å². The SMILES string of the molecule is O=C(O)C(CCOC(F)(F)F)C1CCS(=O)(=O)C1. The van der Waals surface area contributed by atoms with E-state index in [0.29, 0.717) is 0 Å². The summed E-state index contributed by atoms with van der Waals surface area (Å²) in [6, 6.07) is 0. The lowest BCUT2D eigenvalue weighted by Crippen LogP contribution is -2.27. The summed E-state index contributed by atoms with van der Waals surface area (Å²) < 4.78 is 61.1. The second-order valence-electron chi connectivity index (χ2n) is 4.19.